The summed E-state index contributed by atoms with van der Waals surface area (Å²) in [4.78, 5) is 20.0. The van der Waals surface area contributed by atoms with E-state index in [1.165, 1.54) is 16.9 Å². The Labute approximate surface area is 199 Å². The van der Waals surface area contributed by atoms with Crippen LogP contribution in [-0.4, -0.2) is 44.3 Å². The van der Waals surface area contributed by atoms with Crippen molar-refractivity contribution in [1.82, 2.24) is 4.98 Å². The highest BCUT2D eigenvalue weighted by molar-refractivity contribution is 7.91. The first-order valence-corrected chi connectivity index (χ1v) is 13.9. The van der Waals surface area contributed by atoms with Gasteiger partial charge in [-0.3, -0.25) is 9.69 Å². The lowest BCUT2D eigenvalue weighted by atomic mass is 10.2. The van der Waals surface area contributed by atoms with Crippen LogP contribution in [0.3, 0.4) is 0 Å². The quantitative estimate of drug-likeness (QED) is 0.428. The summed E-state index contributed by atoms with van der Waals surface area (Å²) in [7, 11) is -3.42. The highest BCUT2D eigenvalue weighted by Gasteiger charge is 2.26. The molecule has 0 spiro atoms. The molecule has 33 heavy (non-hydrogen) atoms. The fourth-order valence-electron chi connectivity index (χ4n) is 3.98. The number of aryl methyl sites for hydroxylation is 2. The van der Waals surface area contributed by atoms with Crippen molar-refractivity contribution in [3.05, 3.63) is 53.6 Å². The molecule has 8 heteroatoms. The molecule has 1 aliphatic rings. The number of ether oxygens (including phenoxy) is 1. The number of carbonyl (C=O) groups excluding carboxylic acids is 1. The van der Waals surface area contributed by atoms with Gasteiger partial charge in [-0.1, -0.05) is 42.0 Å². The molecule has 3 aromatic rings. The van der Waals surface area contributed by atoms with E-state index >= 15 is 0 Å². The molecule has 0 N–H and O–H groups in total. The van der Waals surface area contributed by atoms with Gasteiger partial charge in [0.1, 0.15) is 0 Å². The summed E-state index contributed by atoms with van der Waals surface area (Å²) in [5.41, 5.74) is 3.12. The number of thiazole rings is 1. The minimum Gasteiger partial charge on any atom is -0.376 e. The molecule has 176 valence electrons. The molecule has 0 bridgehead atoms. The van der Waals surface area contributed by atoms with Gasteiger partial charge in [-0.15, -0.1) is 0 Å². The van der Waals surface area contributed by atoms with E-state index < -0.39 is 9.84 Å². The monoisotopic (exact) mass is 486 g/mol. The van der Waals surface area contributed by atoms with Gasteiger partial charge in [-0.25, -0.2) is 13.4 Å². The average Bonchev–Trinajstić information content (AvgIpc) is 3.46. The lowest BCUT2D eigenvalue weighted by molar-refractivity contribution is -0.119. The number of benzene rings is 2. The molecule has 2 aromatic carbocycles. The molecule has 4 rings (SSSR count). The van der Waals surface area contributed by atoms with Crippen LogP contribution in [0.15, 0.2) is 47.4 Å². The first kappa shape index (κ1) is 23.9. The molecule has 1 fully saturated rings. The number of aromatic nitrogens is 1. The zero-order chi connectivity index (χ0) is 23.4. The van der Waals surface area contributed by atoms with Gasteiger partial charge in [0.2, 0.25) is 5.91 Å². The van der Waals surface area contributed by atoms with Crippen LogP contribution in [0, 0.1) is 6.92 Å². The molecule has 1 amide bonds. The van der Waals surface area contributed by atoms with Crippen LogP contribution < -0.4 is 4.90 Å². The maximum Gasteiger partial charge on any atom is 0.228 e. The molecule has 2 heterocycles. The average molecular weight is 487 g/mol. The molecular formula is C25H30N2O4S2. The first-order chi connectivity index (χ1) is 15.9. The summed E-state index contributed by atoms with van der Waals surface area (Å²) in [6, 6.07) is 13.0. The van der Waals surface area contributed by atoms with Crippen molar-refractivity contribution >= 4 is 42.4 Å². The summed E-state index contributed by atoms with van der Waals surface area (Å²) in [5.74, 6) is -0.172. The second-order valence-electron chi connectivity index (χ2n) is 8.53. The lowest BCUT2D eigenvalue weighted by Gasteiger charge is -2.23. The highest BCUT2D eigenvalue weighted by atomic mass is 32.2. The first-order valence-electron chi connectivity index (χ1n) is 11.5. The predicted molar refractivity (Wildman–Crippen MR) is 133 cm³/mol. The SMILES string of the molecule is CCc1ccc2nc(N(CC3CCCO3)C(=O)CCCS(=O)(=O)c3ccc(C)cc3)sc2c1. The van der Waals surface area contributed by atoms with Gasteiger partial charge >= 0.3 is 0 Å². The molecule has 0 radical (unpaired) electrons. The van der Waals surface area contributed by atoms with E-state index in [9.17, 15) is 13.2 Å². The van der Waals surface area contributed by atoms with Crippen molar-refractivity contribution in [3.8, 4) is 0 Å². The Morgan fingerprint density at radius 3 is 2.70 bits per heavy atom. The Morgan fingerprint density at radius 2 is 2.00 bits per heavy atom. The van der Waals surface area contributed by atoms with E-state index in [-0.39, 0.29) is 30.6 Å². The summed E-state index contributed by atoms with van der Waals surface area (Å²) in [6.45, 7) is 5.19. The highest BCUT2D eigenvalue weighted by Crippen LogP contribution is 2.31. The van der Waals surface area contributed by atoms with Crippen LogP contribution in [0.25, 0.3) is 10.2 Å². The summed E-state index contributed by atoms with van der Waals surface area (Å²) < 4.78 is 32.2. The molecular weight excluding hydrogens is 456 g/mol. The normalized spacial score (nSPS) is 16.4. The number of sulfone groups is 1. The lowest BCUT2D eigenvalue weighted by Crippen LogP contribution is -2.37. The van der Waals surface area contributed by atoms with Crippen molar-refractivity contribution in [2.75, 3.05) is 23.8 Å². The van der Waals surface area contributed by atoms with Crippen LogP contribution in [0.5, 0.6) is 0 Å². The number of carbonyl (C=O) groups is 1. The van der Waals surface area contributed by atoms with E-state index in [2.05, 4.69) is 19.1 Å². The fourth-order valence-corrected chi connectivity index (χ4v) is 6.35. The minimum atomic E-state index is -3.42. The van der Waals surface area contributed by atoms with Crippen molar-refractivity contribution in [2.24, 2.45) is 0 Å². The summed E-state index contributed by atoms with van der Waals surface area (Å²) >= 11 is 1.50. The van der Waals surface area contributed by atoms with E-state index in [1.54, 1.807) is 29.2 Å². The summed E-state index contributed by atoms with van der Waals surface area (Å²) in [6.07, 6.45) is 3.24. The molecule has 6 nitrogen and oxygen atoms in total. The van der Waals surface area contributed by atoms with Gasteiger partial charge < -0.3 is 4.74 Å². The molecule has 1 atom stereocenters. The molecule has 1 aliphatic heterocycles. The van der Waals surface area contributed by atoms with E-state index in [0.717, 1.165) is 35.0 Å². The topological polar surface area (TPSA) is 76.6 Å². The van der Waals surface area contributed by atoms with Crippen LogP contribution >= 0.6 is 11.3 Å². The number of hydrogen-bond acceptors (Lipinski definition) is 6. The van der Waals surface area contributed by atoms with Crippen molar-refractivity contribution in [1.29, 1.82) is 0 Å². The van der Waals surface area contributed by atoms with Crippen LogP contribution in [0.1, 0.15) is 43.7 Å². The smallest absolute Gasteiger partial charge is 0.228 e. The van der Waals surface area contributed by atoms with Gasteiger partial charge in [-0.2, -0.15) is 0 Å². The standard InChI is InChI=1S/C25H30N2O4S2/c1-3-19-10-13-22-23(16-19)32-25(26-22)27(17-20-6-4-14-31-20)24(28)7-5-15-33(29,30)21-11-8-18(2)9-12-21/h8-13,16,20H,3-7,14-15,17H2,1-2H3. The van der Waals surface area contributed by atoms with Gasteiger partial charge in [0, 0.05) is 13.0 Å². The Bertz CT molecular complexity index is 1210. The van der Waals surface area contributed by atoms with Gasteiger partial charge in [-0.05, 0) is 62.4 Å². The maximum absolute atomic E-state index is 13.2. The number of nitrogens with zero attached hydrogens (tertiary/aromatic N) is 2. The van der Waals surface area contributed by atoms with Crippen molar-refractivity contribution in [3.63, 3.8) is 0 Å². The third-order valence-electron chi connectivity index (χ3n) is 5.98. The molecule has 0 aliphatic carbocycles. The molecule has 1 saturated heterocycles. The van der Waals surface area contributed by atoms with Gasteiger partial charge in [0.05, 0.1) is 33.5 Å². The van der Waals surface area contributed by atoms with Crippen LogP contribution in [0.4, 0.5) is 5.13 Å². The number of hydrogen-bond donors (Lipinski definition) is 0. The third-order valence-corrected chi connectivity index (χ3v) is 8.83. The number of amides is 1. The molecule has 1 unspecified atom stereocenters. The second-order valence-corrected chi connectivity index (χ2v) is 11.6. The van der Waals surface area contributed by atoms with E-state index in [0.29, 0.717) is 23.2 Å². The van der Waals surface area contributed by atoms with Gasteiger partial charge in [0.15, 0.2) is 15.0 Å². The summed E-state index contributed by atoms with van der Waals surface area (Å²) in [5, 5.41) is 0.653. The maximum atomic E-state index is 13.2. The Morgan fingerprint density at radius 1 is 1.21 bits per heavy atom. The largest absolute Gasteiger partial charge is 0.376 e. The number of anilines is 1. The van der Waals surface area contributed by atoms with Gasteiger partial charge in [0.25, 0.3) is 0 Å². The van der Waals surface area contributed by atoms with Crippen LogP contribution in [-0.2, 0) is 25.8 Å². The zero-order valence-electron chi connectivity index (χ0n) is 19.1. The Hall–Kier alpha value is -2.29. The second kappa shape index (κ2) is 10.3. The zero-order valence-corrected chi connectivity index (χ0v) is 20.8. The third kappa shape index (κ3) is 5.80. The fraction of sp³-hybridized carbons (Fsp3) is 0.440. The molecule has 0 saturated carbocycles. The predicted octanol–water partition coefficient (Wildman–Crippen LogP) is 4.93. The van der Waals surface area contributed by atoms with E-state index in [4.69, 9.17) is 9.72 Å². The number of rotatable bonds is 9. The van der Waals surface area contributed by atoms with Crippen molar-refractivity contribution in [2.45, 2.75) is 57.0 Å². The minimum absolute atomic E-state index is 0.0107. The van der Waals surface area contributed by atoms with Crippen LogP contribution in [0.2, 0.25) is 0 Å². The van der Waals surface area contributed by atoms with Crippen molar-refractivity contribution < 1.29 is 17.9 Å². The Balaban J connectivity index is 1.48. The number of fused-ring (bicyclic) bond motifs is 1. The molecule has 1 aromatic heterocycles. The Kier molecular flexibility index (Phi) is 7.46. The van der Waals surface area contributed by atoms with E-state index in [1.807, 2.05) is 13.0 Å².